The van der Waals surface area contributed by atoms with E-state index in [2.05, 4.69) is 20.4 Å². The maximum atomic E-state index is 4.73. The fourth-order valence-electron chi connectivity index (χ4n) is 3.47. The van der Waals surface area contributed by atoms with Gasteiger partial charge in [0.1, 0.15) is 10.0 Å². The standard InChI is InChI=1S/C22H18N8S3/c1-3-7-15(8-4-1)19-23-25-21-29(19)27-17(32-21)11-13-31-14-12-18-28-30-20(24-26-22(30)33-18)16-9-5-2-6-10-16/h1-10H,11-14H2. The maximum absolute atomic E-state index is 4.73. The number of fused-ring (bicyclic) bond motifs is 2. The van der Waals surface area contributed by atoms with Crippen molar-refractivity contribution in [3.05, 3.63) is 70.7 Å². The molecule has 0 unspecified atom stereocenters. The number of rotatable bonds is 8. The van der Waals surface area contributed by atoms with Crippen LogP contribution < -0.4 is 0 Å². The van der Waals surface area contributed by atoms with Crippen molar-refractivity contribution in [3.63, 3.8) is 0 Å². The lowest BCUT2D eigenvalue weighted by molar-refractivity contribution is 0.905. The SMILES string of the molecule is c1ccc(-c2nnc3sc(CCSCCc4nn5c(-c6ccccc6)nnc5s4)nn23)cc1. The molecular formula is C22H18N8S3. The van der Waals surface area contributed by atoms with E-state index in [9.17, 15) is 0 Å². The smallest absolute Gasteiger partial charge is 0.183 e. The number of benzene rings is 2. The van der Waals surface area contributed by atoms with Crippen LogP contribution in [-0.4, -0.2) is 51.1 Å². The molecule has 6 aromatic rings. The Labute approximate surface area is 201 Å². The number of thioether (sulfide) groups is 1. The van der Waals surface area contributed by atoms with Crippen molar-refractivity contribution in [1.82, 2.24) is 39.6 Å². The van der Waals surface area contributed by atoms with Gasteiger partial charge in [0.15, 0.2) is 11.6 Å². The van der Waals surface area contributed by atoms with Crippen LogP contribution in [0, 0.1) is 0 Å². The Morgan fingerprint density at radius 3 is 1.52 bits per heavy atom. The minimum absolute atomic E-state index is 0.791. The Morgan fingerprint density at radius 2 is 1.06 bits per heavy atom. The van der Waals surface area contributed by atoms with Crippen LogP contribution in [-0.2, 0) is 12.8 Å². The molecule has 0 saturated heterocycles. The highest BCUT2D eigenvalue weighted by Crippen LogP contribution is 2.24. The first kappa shape index (κ1) is 20.5. The molecule has 4 heterocycles. The van der Waals surface area contributed by atoms with Crippen molar-refractivity contribution in [2.45, 2.75) is 12.8 Å². The molecule has 2 aromatic carbocycles. The Morgan fingerprint density at radius 1 is 0.606 bits per heavy atom. The Bertz CT molecular complexity index is 1390. The predicted octanol–water partition coefficient (Wildman–Crippen LogP) is 4.54. The Kier molecular flexibility index (Phi) is 5.58. The van der Waals surface area contributed by atoms with E-state index in [-0.39, 0.29) is 0 Å². The number of aryl methyl sites for hydroxylation is 2. The molecule has 0 saturated carbocycles. The largest absolute Gasteiger partial charge is 0.234 e. The fraction of sp³-hybridized carbons (Fsp3) is 0.182. The predicted molar refractivity (Wildman–Crippen MR) is 133 cm³/mol. The van der Waals surface area contributed by atoms with Crippen LogP contribution in [0.5, 0.6) is 0 Å². The van der Waals surface area contributed by atoms with Crippen molar-refractivity contribution in [3.8, 4) is 22.8 Å². The number of hydrogen-bond acceptors (Lipinski definition) is 9. The van der Waals surface area contributed by atoms with Gasteiger partial charge in [-0.15, -0.1) is 20.4 Å². The molecule has 0 amide bonds. The van der Waals surface area contributed by atoms with Crippen molar-refractivity contribution in [2.24, 2.45) is 0 Å². The van der Waals surface area contributed by atoms with Gasteiger partial charge < -0.3 is 0 Å². The molecule has 0 spiro atoms. The summed E-state index contributed by atoms with van der Waals surface area (Å²) in [5, 5.41) is 28.8. The summed E-state index contributed by atoms with van der Waals surface area (Å²) in [5.74, 6) is 3.59. The minimum Gasteiger partial charge on any atom is -0.183 e. The summed E-state index contributed by atoms with van der Waals surface area (Å²) < 4.78 is 3.70. The highest BCUT2D eigenvalue weighted by atomic mass is 32.2. The van der Waals surface area contributed by atoms with E-state index in [0.29, 0.717) is 0 Å². The minimum atomic E-state index is 0.791. The summed E-state index contributed by atoms with van der Waals surface area (Å²) in [5.41, 5.74) is 2.05. The summed E-state index contributed by atoms with van der Waals surface area (Å²) in [4.78, 5) is 1.67. The average Bonchev–Trinajstić information content (AvgIpc) is 3.61. The monoisotopic (exact) mass is 490 g/mol. The van der Waals surface area contributed by atoms with E-state index < -0.39 is 0 Å². The molecular weight excluding hydrogens is 472 g/mol. The molecule has 164 valence electrons. The van der Waals surface area contributed by atoms with E-state index >= 15 is 0 Å². The first-order chi connectivity index (χ1) is 16.3. The molecule has 6 rings (SSSR count). The topological polar surface area (TPSA) is 86.2 Å². The van der Waals surface area contributed by atoms with Crippen LogP contribution in [0.1, 0.15) is 10.0 Å². The van der Waals surface area contributed by atoms with Gasteiger partial charge in [0, 0.05) is 24.0 Å². The zero-order chi connectivity index (χ0) is 22.0. The molecule has 0 radical (unpaired) electrons. The third-order valence-corrected chi connectivity index (χ3v) is 7.95. The van der Waals surface area contributed by atoms with Crippen molar-refractivity contribution < 1.29 is 0 Å². The van der Waals surface area contributed by atoms with E-state index in [1.807, 2.05) is 81.5 Å². The van der Waals surface area contributed by atoms with Crippen LogP contribution in [0.4, 0.5) is 0 Å². The van der Waals surface area contributed by atoms with Gasteiger partial charge in [-0.2, -0.15) is 31.0 Å². The fourth-order valence-corrected chi connectivity index (χ4v) is 6.27. The van der Waals surface area contributed by atoms with Crippen LogP contribution in [0.15, 0.2) is 60.7 Å². The lowest BCUT2D eigenvalue weighted by atomic mass is 10.2. The average molecular weight is 491 g/mol. The summed E-state index contributed by atoms with van der Waals surface area (Å²) in [6, 6.07) is 20.1. The molecule has 0 fully saturated rings. The highest BCUT2D eigenvalue weighted by molar-refractivity contribution is 7.99. The van der Waals surface area contributed by atoms with Gasteiger partial charge in [0.25, 0.3) is 0 Å². The van der Waals surface area contributed by atoms with Crippen molar-refractivity contribution in [1.29, 1.82) is 0 Å². The number of aromatic nitrogens is 8. The normalized spacial score (nSPS) is 11.6. The third kappa shape index (κ3) is 4.14. The van der Waals surface area contributed by atoms with Gasteiger partial charge in [-0.25, -0.2) is 0 Å². The Hall–Kier alpha value is -3.15. The molecule has 0 N–H and O–H groups in total. The molecule has 33 heavy (non-hydrogen) atoms. The Balaban J connectivity index is 1.05. The third-order valence-electron chi connectivity index (χ3n) is 5.05. The summed E-state index contributed by atoms with van der Waals surface area (Å²) >= 11 is 5.13. The molecule has 8 nitrogen and oxygen atoms in total. The number of nitrogens with zero attached hydrogens (tertiary/aromatic N) is 8. The molecule has 0 bridgehead atoms. The van der Waals surface area contributed by atoms with E-state index in [0.717, 1.165) is 67.1 Å². The molecule has 4 aromatic heterocycles. The van der Waals surface area contributed by atoms with Gasteiger partial charge in [-0.05, 0) is 11.5 Å². The summed E-state index contributed by atoms with van der Waals surface area (Å²) in [7, 11) is 0. The molecule has 0 aliphatic heterocycles. The highest BCUT2D eigenvalue weighted by Gasteiger charge is 2.14. The van der Waals surface area contributed by atoms with E-state index in [1.165, 1.54) is 0 Å². The molecule has 0 aliphatic carbocycles. The van der Waals surface area contributed by atoms with Crippen LogP contribution >= 0.6 is 34.4 Å². The van der Waals surface area contributed by atoms with E-state index in [1.54, 1.807) is 22.7 Å². The quantitative estimate of drug-likeness (QED) is 0.290. The molecule has 11 heteroatoms. The lowest BCUT2D eigenvalue weighted by Crippen LogP contribution is -1.96. The maximum Gasteiger partial charge on any atom is 0.234 e. The van der Waals surface area contributed by atoms with Gasteiger partial charge >= 0.3 is 0 Å². The summed E-state index contributed by atoms with van der Waals surface area (Å²) in [6.07, 6.45) is 1.83. The summed E-state index contributed by atoms with van der Waals surface area (Å²) in [6.45, 7) is 0. The molecule has 0 aliphatic rings. The van der Waals surface area contributed by atoms with Crippen LogP contribution in [0.3, 0.4) is 0 Å². The van der Waals surface area contributed by atoms with Crippen molar-refractivity contribution in [2.75, 3.05) is 11.5 Å². The first-order valence-electron chi connectivity index (χ1n) is 10.5. The zero-order valence-electron chi connectivity index (χ0n) is 17.4. The second kappa shape index (κ2) is 9.00. The lowest BCUT2D eigenvalue weighted by Gasteiger charge is -1.98. The van der Waals surface area contributed by atoms with Gasteiger partial charge in [-0.1, -0.05) is 83.3 Å². The zero-order valence-corrected chi connectivity index (χ0v) is 19.9. The van der Waals surface area contributed by atoms with Gasteiger partial charge in [-0.3, -0.25) is 0 Å². The van der Waals surface area contributed by atoms with Crippen LogP contribution in [0.25, 0.3) is 32.7 Å². The first-order valence-corrected chi connectivity index (χ1v) is 13.2. The van der Waals surface area contributed by atoms with Crippen molar-refractivity contribution >= 4 is 44.4 Å². The second-order valence-corrected chi connectivity index (χ2v) is 10.6. The van der Waals surface area contributed by atoms with Gasteiger partial charge in [0.05, 0.1) is 0 Å². The van der Waals surface area contributed by atoms with Gasteiger partial charge in [0.2, 0.25) is 9.92 Å². The second-order valence-electron chi connectivity index (χ2n) is 7.27. The molecule has 0 atom stereocenters. The van der Waals surface area contributed by atoms with E-state index in [4.69, 9.17) is 10.2 Å². The van der Waals surface area contributed by atoms with Crippen LogP contribution in [0.2, 0.25) is 0 Å². The number of hydrogen-bond donors (Lipinski definition) is 0.